The zero-order chi connectivity index (χ0) is 14.3. The average Bonchev–Trinajstić information content (AvgIpc) is 2.39. The monoisotopic (exact) mass is 265 g/mol. The van der Waals surface area contributed by atoms with Gasteiger partial charge in [-0.1, -0.05) is 38.1 Å². The first-order valence-corrected chi connectivity index (χ1v) is 7.04. The van der Waals surface area contributed by atoms with Crippen molar-refractivity contribution in [1.82, 2.24) is 5.32 Å². The van der Waals surface area contributed by atoms with Crippen LogP contribution in [0.2, 0.25) is 0 Å². The van der Waals surface area contributed by atoms with E-state index in [9.17, 15) is 5.11 Å². The van der Waals surface area contributed by atoms with Gasteiger partial charge in [0, 0.05) is 13.2 Å². The zero-order valence-electron chi connectivity index (χ0n) is 12.5. The molecular weight excluding hydrogens is 238 g/mol. The SMILES string of the molecule is COCC(O)CCNC(C)c1ccc(C(C)C)cc1. The molecule has 0 aliphatic heterocycles. The molecule has 108 valence electrons. The summed E-state index contributed by atoms with van der Waals surface area (Å²) in [6.45, 7) is 7.74. The molecule has 19 heavy (non-hydrogen) atoms. The smallest absolute Gasteiger partial charge is 0.0785 e. The molecule has 2 N–H and O–H groups in total. The Labute approximate surface area is 117 Å². The summed E-state index contributed by atoms with van der Waals surface area (Å²) in [6.07, 6.45) is 0.329. The van der Waals surface area contributed by atoms with Gasteiger partial charge in [-0.15, -0.1) is 0 Å². The van der Waals surface area contributed by atoms with Crippen LogP contribution >= 0.6 is 0 Å². The van der Waals surface area contributed by atoms with E-state index in [2.05, 4.69) is 50.4 Å². The molecule has 0 radical (unpaired) electrons. The Morgan fingerprint density at radius 3 is 2.21 bits per heavy atom. The van der Waals surface area contributed by atoms with E-state index in [4.69, 9.17) is 4.74 Å². The van der Waals surface area contributed by atoms with Crippen LogP contribution < -0.4 is 5.32 Å². The Bertz CT molecular complexity index is 348. The molecule has 0 saturated carbocycles. The molecular formula is C16H27NO2. The zero-order valence-corrected chi connectivity index (χ0v) is 12.5. The second-order valence-corrected chi connectivity index (χ2v) is 5.40. The molecule has 0 bridgehead atoms. The van der Waals surface area contributed by atoms with Crippen LogP contribution in [0.15, 0.2) is 24.3 Å². The number of ether oxygens (including phenoxy) is 1. The fourth-order valence-electron chi connectivity index (χ4n) is 2.03. The molecule has 3 heteroatoms. The number of hydrogen-bond acceptors (Lipinski definition) is 3. The van der Waals surface area contributed by atoms with Crippen molar-refractivity contribution in [2.75, 3.05) is 20.3 Å². The molecule has 0 heterocycles. The van der Waals surface area contributed by atoms with Gasteiger partial charge in [-0.2, -0.15) is 0 Å². The third-order valence-corrected chi connectivity index (χ3v) is 3.39. The van der Waals surface area contributed by atoms with Gasteiger partial charge in [0.25, 0.3) is 0 Å². The topological polar surface area (TPSA) is 41.5 Å². The molecule has 0 saturated heterocycles. The Morgan fingerprint density at radius 2 is 1.68 bits per heavy atom. The quantitative estimate of drug-likeness (QED) is 0.759. The summed E-state index contributed by atoms with van der Waals surface area (Å²) < 4.78 is 4.90. The maximum Gasteiger partial charge on any atom is 0.0785 e. The molecule has 0 aromatic heterocycles. The lowest BCUT2D eigenvalue weighted by molar-refractivity contribution is 0.0590. The summed E-state index contributed by atoms with van der Waals surface area (Å²) in [4.78, 5) is 0. The van der Waals surface area contributed by atoms with Crippen LogP contribution in [0.4, 0.5) is 0 Å². The highest BCUT2D eigenvalue weighted by Gasteiger charge is 2.07. The highest BCUT2D eigenvalue weighted by molar-refractivity contribution is 5.26. The summed E-state index contributed by atoms with van der Waals surface area (Å²) in [5.74, 6) is 0.571. The number of aliphatic hydroxyl groups excluding tert-OH is 1. The number of rotatable bonds is 8. The van der Waals surface area contributed by atoms with Crippen LogP contribution in [0.1, 0.15) is 50.3 Å². The van der Waals surface area contributed by atoms with E-state index in [1.54, 1.807) is 7.11 Å². The summed E-state index contributed by atoms with van der Waals surface area (Å²) in [7, 11) is 1.61. The van der Waals surface area contributed by atoms with Crippen LogP contribution in [-0.2, 0) is 4.74 Å². The average molecular weight is 265 g/mol. The molecule has 0 fully saturated rings. The lowest BCUT2D eigenvalue weighted by Gasteiger charge is -2.17. The standard InChI is InChI=1S/C16H27NO2/c1-12(2)14-5-7-15(8-6-14)13(3)17-10-9-16(18)11-19-4/h5-8,12-13,16-18H,9-11H2,1-4H3. The van der Waals surface area contributed by atoms with Crippen LogP contribution in [-0.4, -0.2) is 31.5 Å². The van der Waals surface area contributed by atoms with Crippen LogP contribution in [0.25, 0.3) is 0 Å². The summed E-state index contributed by atoms with van der Waals surface area (Å²) in [5, 5.41) is 13.0. The molecule has 3 nitrogen and oxygen atoms in total. The normalized spacial score (nSPS) is 14.6. The van der Waals surface area contributed by atoms with Gasteiger partial charge in [0.05, 0.1) is 12.7 Å². The van der Waals surface area contributed by atoms with E-state index in [0.29, 0.717) is 25.0 Å². The van der Waals surface area contributed by atoms with Crippen molar-refractivity contribution in [2.24, 2.45) is 0 Å². The van der Waals surface area contributed by atoms with Crippen molar-refractivity contribution in [3.63, 3.8) is 0 Å². The van der Waals surface area contributed by atoms with Crippen molar-refractivity contribution < 1.29 is 9.84 Å². The van der Waals surface area contributed by atoms with Crippen molar-refractivity contribution >= 4 is 0 Å². The Kier molecular flexibility index (Phi) is 7.06. The first-order chi connectivity index (χ1) is 9.04. The second-order valence-electron chi connectivity index (χ2n) is 5.40. The number of aliphatic hydroxyl groups is 1. The maximum absolute atomic E-state index is 9.57. The van der Waals surface area contributed by atoms with Crippen molar-refractivity contribution in [3.05, 3.63) is 35.4 Å². The predicted octanol–water partition coefficient (Wildman–Crippen LogP) is 2.86. The molecule has 2 atom stereocenters. The minimum atomic E-state index is -0.381. The Hall–Kier alpha value is -0.900. The second kappa shape index (κ2) is 8.31. The fraction of sp³-hybridized carbons (Fsp3) is 0.625. The fourth-order valence-corrected chi connectivity index (χ4v) is 2.03. The Balaban J connectivity index is 2.38. The van der Waals surface area contributed by atoms with Gasteiger partial charge in [-0.05, 0) is 36.9 Å². The minimum Gasteiger partial charge on any atom is -0.391 e. The van der Waals surface area contributed by atoms with E-state index in [1.807, 2.05) is 0 Å². The van der Waals surface area contributed by atoms with E-state index < -0.39 is 0 Å². The maximum atomic E-state index is 9.57. The van der Waals surface area contributed by atoms with Gasteiger partial charge in [-0.25, -0.2) is 0 Å². The van der Waals surface area contributed by atoms with Crippen LogP contribution in [0.3, 0.4) is 0 Å². The van der Waals surface area contributed by atoms with Crippen molar-refractivity contribution in [1.29, 1.82) is 0 Å². The van der Waals surface area contributed by atoms with Gasteiger partial charge >= 0.3 is 0 Å². The first-order valence-electron chi connectivity index (χ1n) is 7.04. The largest absolute Gasteiger partial charge is 0.391 e. The molecule has 0 aliphatic rings. The minimum absolute atomic E-state index is 0.302. The predicted molar refractivity (Wildman–Crippen MR) is 79.4 cm³/mol. The number of methoxy groups -OCH3 is 1. The van der Waals surface area contributed by atoms with E-state index in [1.165, 1.54) is 11.1 Å². The first kappa shape index (κ1) is 16.2. The number of hydrogen-bond donors (Lipinski definition) is 2. The lowest BCUT2D eigenvalue weighted by Crippen LogP contribution is -2.25. The van der Waals surface area contributed by atoms with Crippen LogP contribution in [0, 0.1) is 0 Å². The summed E-state index contributed by atoms with van der Waals surface area (Å²) in [5.41, 5.74) is 2.65. The number of nitrogens with one attached hydrogen (secondary N) is 1. The van der Waals surface area contributed by atoms with E-state index >= 15 is 0 Å². The number of benzene rings is 1. The third-order valence-electron chi connectivity index (χ3n) is 3.39. The highest BCUT2D eigenvalue weighted by Crippen LogP contribution is 2.18. The third kappa shape index (κ3) is 5.72. The van der Waals surface area contributed by atoms with Gasteiger partial charge in [-0.3, -0.25) is 0 Å². The van der Waals surface area contributed by atoms with Crippen molar-refractivity contribution in [2.45, 2.75) is 45.3 Å². The molecule has 2 unspecified atom stereocenters. The molecule has 0 amide bonds. The van der Waals surface area contributed by atoms with E-state index in [-0.39, 0.29) is 6.10 Å². The molecule has 1 aromatic carbocycles. The van der Waals surface area contributed by atoms with Gasteiger partial charge in [0.1, 0.15) is 0 Å². The van der Waals surface area contributed by atoms with Crippen molar-refractivity contribution in [3.8, 4) is 0 Å². The molecule has 1 aromatic rings. The van der Waals surface area contributed by atoms with Crippen LogP contribution in [0.5, 0.6) is 0 Å². The van der Waals surface area contributed by atoms with Gasteiger partial charge in [0.2, 0.25) is 0 Å². The van der Waals surface area contributed by atoms with E-state index in [0.717, 1.165) is 6.54 Å². The summed E-state index contributed by atoms with van der Waals surface area (Å²) in [6, 6.07) is 9.04. The molecule has 0 spiro atoms. The molecule has 1 rings (SSSR count). The molecule has 0 aliphatic carbocycles. The lowest BCUT2D eigenvalue weighted by atomic mass is 9.99. The summed E-state index contributed by atoms with van der Waals surface area (Å²) >= 11 is 0. The van der Waals surface area contributed by atoms with Gasteiger partial charge < -0.3 is 15.2 Å². The Morgan fingerprint density at radius 1 is 1.11 bits per heavy atom. The van der Waals surface area contributed by atoms with Gasteiger partial charge in [0.15, 0.2) is 0 Å². The highest BCUT2D eigenvalue weighted by atomic mass is 16.5.